The molecule has 29 heavy (non-hydrogen) atoms. The maximum absolute atomic E-state index is 12.6. The smallest absolute Gasteiger partial charge is 0.341 e. The molecule has 0 unspecified atom stereocenters. The van der Waals surface area contributed by atoms with Crippen molar-refractivity contribution in [3.05, 3.63) is 58.5 Å². The first kappa shape index (κ1) is 17.7. The van der Waals surface area contributed by atoms with E-state index in [0.717, 1.165) is 50.7 Å². The van der Waals surface area contributed by atoms with E-state index < -0.39 is 11.4 Å². The molecule has 1 saturated carbocycles. The monoisotopic (exact) mass is 391 g/mol. The normalized spacial score (nSPS) is 17.0. The molecule has 148 valence electrons. The summed E-state index contributed by atoms with van der Waals surface area (Å²) in [5.41, 5.74) is -0.0847. The third-order valence-electron chi connectivity index (χ3n) is 5.61. The molecule has 3 aromatic rings. The molecule has 0 atom stereocenters. The third kappa shape index (κ3) is 3.20. The summed E-state index contributed by atoms with van der Waals surface area (Å²) in [6.45, 7) is 3.28. The Hall–Kier alpha value is -3.42. The van der Waals surface area contributed by atoms with E-state index >= 15 is 0 Å². The molecule has 0 amide bonds. The van der Waals surface area contributed by atoms with Gasteiger partial charge in [0.25, 0.3) is 0 Å². The summed E-state index contributed by atoms with van der Waals surface area (Å²) in [4.78, 5) is 37.7. The summed E-state index contributed by atoms with van der Waals surface area (Å²) >= 11 is 0. The van der Waals surface area contributed by atoms with E-state index in [-0.39, 0.29) is 11.6 Å². The number of carbonyl (C=O) groups is 1. The molecule has 0 bridgehead atoms. The molecule has 4 heterocycles. The largest absolute Gasteiger partial charge is 0.477 e. The fourth-order valence-corrected chi connectivity index (χ4v) is 3.88. The van der Waals surface area contributed by atoms with E-state index in [4.69, 9.17) is 4.98 Å². The number of anilines is 2. The minimum atomic E-state index is -1.19. The number of hydrogen-bond donors (Lipinski definition) is 1. The summed E-state index contributed by atoms with van der Waals surface area (Å²) in [6.07, 6.45) is 5.22. The predicted molar refractivity (Wildman–Crippen MR) is 110 cm³/mol. The molecule has 5 rings (SSSR count). The van der Waals surface area contributed by atoms with Gasteiger partial charge in [0.2, 0.25) is 5.43 Å². The number of piperazine rings is 1. The van der Waals surface area contributed by atoms with Crippen LogP contribution in [0.15, 0.2) is 47.5 Å². The van der Waals surface area contributed by atoms with Gasteiger partial charge in [0.1, 0.15) is 22.8 Å². The lowest BCUT2D eigenvalue weighted by molar-refractivity contribution is 0.0695. The molecule has 8 nitrogen and oxygen atoms in total. The average Bonchev–Trinajstić information content (AvgIpc) is 3.59. The van der Waals surface area contributed by atoms with Crippen molar-refractivity contribution in [2.24, 2.45) is 0 Å². The van der Waals surface area contributed by atoms with Crippen molar-refractivity contribution >= 4 is 28.6 Å². The van der Waals surface area contributed by atoms with Crippen molar-refractivity contribution in [3.8, 4) is 0 Å². The Morgan fingerprint density at radius 1 is 1.00 bits per heavy atom. The molecule has 2 aliphatic rings. The zero-order chi connectivity index (χ0) is 20.0. The summed E-state index contributed by atoms with van der Waals surface area (Å²) in [7, 11) is 0. The molecule has 1 aliphatic carbocycles. The number of pyridine rings is 3. The van der Waals surface area contributed by atoms with Gasteiger partial charge in [0, 0.05) is 44.6 Å². The molecule has 8 heteroatoms. The van der Waals surface area contributed by atoms with Crippen molar-refractivity contribution in [2.75, 3.05) is 36.0 Å². The molecule has 0 spiro atoms. The van der Waals surface area contributed by atoms with Crippen molar-refractivity contribution in [1.82, 2.24) is 14.5 Å². The molecule has 1 saturated heterocycles. The highest BCUT2D eigenvalue weighted by Gasteiger charge is 2.28. The van der Waals surface area contributed by atoms with Gasteiger partial charge in [0.15, 0.2) is 0 Å². The maximum atomic E-state index is 12.6. The zero-order valence-electron chi connectivity index (χ0n) is 15.9. The Balaban J connectivity index is 1.46. The van der Waals surface area contributed by atoms with Crippen molar-refractivity contribution in [2.45, 2.75) is 18.9 Å². The number of carboxylic acid groups (broad SMARTS) is 1. The molecule has 0 radical (unpaired) electrons. The van der Waals surface area contributed by atoms with Crippen LogP contribution >= 0.6 is 0 Å². The SMILES string of the molecule is O=C(O)c1cn(C2CC2)c2nc(N3CCN(c4ccccn4)CC3)ccc2c1=O. The van der Waals surface area contributed by atoms with E-state index in [0.29, 0.717) is 11.0 Å². The Morgan fingerprint density at radius 2 is 1.72 bits per heavy atom. The number of nitrogens with zero attached hydrogens (tertiary/aromatic N) is 5. The number of rotatable bonds is 4. The van der Waals surface area contributed by atoms with E-state index in [1.54, 1.807) is 12.3 Å². The second-order valence-electron chi connectivity index (χ2n) is 7.52. The Kier molecular flexibility index (Phi) is 4.19. The van der Waals surface area contributed by atoms with Crippen molar-refractivity contribution in [1.29, 1.82) is 0 Å². The standard InChI is InChI=1S/C21H21N5O3/c27-19-15-6-7-18(23-20(15)26(14-4-5-14)13-16(19)21(28)29)25-11-9-24(10-12-25)17-3-1-2-8-22-17/h1-3,6-8,13-14H,4-5,9-12H2,(H,28,29). The fraction of sp³-hybridized carbons (Fsp3) is 0.333. The lowest BCUT2D eigenvalue weighted by atomic mass is 10.2. The summed E-state index contributed by atoms with van der Waals surface area (Å²) in [5.74, 6) is 0.596. The highest BCUT2D eigenvalue weighted by atomic mass is 16.4. The molecule has 3 aromatic heterocycles. The van der Waals surface area contributed by atoms with E-state index in [9.17, 15) is 14.7 Å². The molecule has 0 aromatic carbocycles. The molecular weight excluding hydrogens is 370 g/mol. The van der Waals surface area contributed by atoms with Crippen LogP contribution in [0.1, 0.15) is 29.2 Å². The minimum Gasteiger partial charge on any atom is -0.477 e. The first-order valence-corrected chi connectivity index (χ1v) is 9.82. The second-order valence-corrected chi connectivity index (χ2v) is 7.52. The molecule has 1 aliphatic heterocycles. The van der Waals surface area contributed by atoms with Crippen LogP contribution in [0.25, 0.3) is 11.0 Å². The van der Waals surface area contributed by atoms with Crippen LogP contribution in [-0.4, -0.2) is 51.8 Å². The fourth-order valence-electron chi connectivity index (χ4n) is 3.88. The number of aromatic carboxylic acids is 1. The van der Waals surface area contributed by atoms with Crippen LogP contribution in [0.5, 0.6) is 0 Å². The Labute approximate surface area is 167 Å². The number of carboxylic acids is 1. The van der Waals surface area contributed by atoms with Crippen LogP contribution in [0.4, 0.5) is 11.6 Å². The summed E-state index contributed by atoms with van der Waals surface area (Å²) < 4.78 is 1.87. The van der Waals surface area contributed by atoms with E-state index in [2.05, 4.69) is 14.8 Å². The van der Waals surface area contributed by atoms with Gasteiger partial charge in [-0.3, -0.25) is 4.79 Å². The van der Waals surface area contributed by atoms with Crippen LogP contribution in [-0.2, 0) is 0 Å². The van der Waals surface area contributed by atoms with E-state index in [1.165, 1.54) is 6.20 Å². The van der Waals surface area contributed by atoms with Crippen LogP contribution < -0.4 is 15.2 Å². The highest BCUT2D eigenvalue weighted by Crippen LogP contribution is 2.36. The molecule has 1 N–H and O–H groups in total. The number of fused-ring (bicyclic) bond motifs is 1. The topological polar surface area (TPSA) is 91.6 Å². The van der Waals surface area contributed by atoms with Gasteiger partial charge in [-0.15, -0.1) is 0 Å². The van der Waals surface area contributed by atoms with Crippen LogP contribution in [0, 0.1) is 0 Å². The van der Waals surface area contributed by atoms with Gasteiger partial charge in [-0.2, -0.15) is 0 Å². The zero-order valence-corrected chi connectivity index (χ0v) is 15.9. The van der Waals surface area contributed by atoms with Gasteiger partial charge in [-0.05, 0) is 37.1 Å². The van der Waals surface area contributed by atoms with Crippen molar-refractivity contribution < 1.29 is 9.90 Å². The molecule has 2 fully saturated rings. The quantitative estimate of drug-likeness (QED) is 0.729. The van der Waals surface area contributed by atoms with Gasteiger partial charge in [0.05, 0.1) is 5.39 Å². The van der Waals surface area contributed by atoms with Gasteiger partial charge >= 0.3 is 5.97 Å². The summed E-state index contributed by atoms with van der Waals surface area (Å²) in [6, 6.07) is 9.67. The average molecular weight is 391 g/mol. The van der Waals surface area contributed by atoms with Gasteiger partial charge in [-0.25, -0.2) is 14.8 Å². The first-order chi connectivity index (χ1) is 14.1. The predicted octanol–water partition coefficient (Wildman–Crippen LogP) is 2.15. The van der Waals surface area contributed by atoms with Crippen LogP contribution in [0.2, 0.25) is 0 Å². The number of aromatic nitrogens is 3. The van der Waals surface area contributed by atoms with Crippen LogP contribution in [0.3, 0.4) is 0 Å². The third-order valence-corrected chi connectivity index (χ3v) is 5.61. The summed E-state index contributed by atoms with van der Waals surface area (Å²) in [5, 5.41) is 9.75. The molecular formula is C21H21N5O3. The lowest BCUT2D eigenvalue weighted by Crippen LogP contribution is -2.47. The second kappa shape index (κ2) is 6.88. The van der Waals surface area contributed by atoms with Gasteiger partial charge in [-0.1, -0.05) is 6.07 Å². The number of hydrogen-bond acceptors (Lipinski definition) is 6. The first-order valence-electron chi connectivity index (χ1n) is 9.82. The highest BCUT2D eigenvalue weighted by molar-refractivity contribution is 5.92. The van der Waals surface area contributed by atoms with Crippen molar-refractivity contribution in [3.63, 3.8) is 0 Å². The maximum Gasteiger partial charge on any atom is 0.341 e. The lowest BCUT2D eigenvalue weighted by Gasteiger charge is -2.36. The van der Waals surface area contributed by atoms with E-state index in [1.807, 2.05) is 28.8 Å². The minimum absolute atomic E-state index is 0.192. The van der Waals surface area contributed by atoms with Gasteiger partial charge < -0.3 is 19.5 Å². The Morgan fingerprint density at radius 3 is 2.34 bits per heavy atom. The Bertz CT molecular complexity index is 1130.